The Bertz CT molecular complexity index is 648. The molecule has 2 aromatic carbocycles. The normalized spacial score (nSPS) is 13.8. The van der Waals surface area contributed by atoms with Crippen LogP contribution in [-0.2, 0) is 5.75 Å². The molecule has 0 saturated carbocycles. The average Bonchev–Trinajstić information content (AvgIpc) is 2.71. The lowest BCUT2D eigenvalue weighted by Gasteiger charge is -2.11. The van der Waals surface area contributed by atoms with E-state index in [2.05, 4.69) is 0 Å². The van der Waals surface area contributed by atoms with Gasteiger partial charge in [-0.15, -0.1) is 11.8 Å². The molecule has 0 radical (unpaired) electrons. The van der Waals surface area contributed by atoms with Crippen LogP contribution >= 0.6 is 23.4 Å². The van der Waals surface area contributed by atoms with Gasteiger partial charge < -0.3 is 15.2 Å². The second-order valence-electron chi connectivity index (χ2n) is 4.82. The molecule has 0 amide bonds. The van der Waals surface area contributed by atoms with Gasteiger partial charge in [-0.3, -0.25) is 0 Å². The molecule has 0 aliphatic carbocycles. The van der Waals surface area contributed by atoms with Gasteiger partial charge in [0, 0.05) is 22.8 Å². The maximum absolute atomic E-state index is 6.29. The zero-order valence-electron chi connectivity index (χ0n) is 11.5. The quantitative estimate of drug-likeness (QED) is 0.673. The molecule has 0 fully saturated rings. The summed E-state index contributed by atoms with van der Waals surface area (Å²) < 4.78 is 11.3. The Hall–Kier alpha value is -1.52. The summed E-state index contributed by atoms with van der Waals surface area (Å²) in [5.41, 5.74) is 7.67. The van der Waals surface area contributed by atoms with Gasteiger partial charge in [-0.25, -0.2) is 0 Å². The van der Waals surface area contributed by atoms with Crippen LogP contribution in [0.2, 0.25) is 5.02 Å². The molecule has 0 atom stereocenters. The number of fused-ring (bicyclic) bond motifs is 1. The zero-order chi connectivity index (χ0) is 14.7. The van der Waals surface area contributed by atoms with Crippen LogP contribution in [0.4, 0.5) is 5.69 Å². The number of ether oxygens (including phenoxy) is 2. The van der Waals surface area contributed by atoms with Crippen molar-refractivity contribution >= 4 is 29.1 Å². The molecular weight excluding hydrogens is 306 g/mol. The molecule has 21 heavy (non-hydrogen) atoms. The molecule has 5 heteroatoms. The molecule has 0 spiro atoms. The number of benzene rings is 2. The summed E-state index contributed by atoms with van der Waals surface area (Å²) in [4.78, 5) is 1.14. The molecule has 0 bridgehead atoms. The van der Waals surface area contributed by atoms with Crippen molar-refractivity contribution in [2.75, 3.05) is 18.9 Å². The molecule has 2 aromatic rings. The van der Waals surface area contributed by atoms with Crippen molar-refractivity contribution in [2.45, 2.75) is 17.1 Å². The largest absolute Gasteiger partial charge is 0.489 e. The molecule has 3 rings (SSSR count). The van der Waals surface area contributed by atoms with E-state index in [0.717, 1.165) is 34.1 Å². The van der Waals surface area contributed by atoms with E-state index in [1.807, 2.05) is 36.4 Å². The van der Waals surface area contributed by atoms with Gasteiger partial charge in [0.05, 0.1) is 18.2 Å². The zero-order valence-corrected chi connectivity index (χ0v) is 13.0. The molecule has 3 nitrogen and oxygen atoms in total. The Kier molecular flexibility index (Phi) is 4.46. The summed E-state index contributed by atoms with van der Waals surface area (Å²) in [5, 5.41) is 0.609. The van der Waals surface area contributed by atoms with Crippen molar-refractivity contribution in [3.8, 4) is 11.5 Å². The first-order chi connectivity index (χ1) is 10.2. The molecule has 0 saturated heterocycles. The van der Waals surface area contributed by atoms with Crippen LogP contribution in [0.15, 0.2) is 41.3 Å². The standard InChI is InChI=1S/C16H16ClNO2S/c17-14-7-11(8-15-16(14)20-6-2-5-19-15)10-21-13-4-1-3-12(18)9-13/h1,3-4,7-9H,2,5-6,10,18H2. The van der Waals surface area contributed by atoms with E-state index in [0.29, 0.717) is 24.0 Å². The molecule has 1 heterocycles. The van der Waals surface area contributed by atoms with Gasteiger partial charge in [0.25, 0.3) is 0 Å². The average molecular weight is 322 g/mol. The number of anilines is 1. The first-order valence-corrected chi connectivity index (χ1v) is 8.15. The summed E-state index contributed by atoms with van der Waals surface area (Å²) in [7, 11) is 0. The first-order valence-electron chi connectivity index (χ1n) is 6.79. The van der Waals surface area contributed by atoms with E-state index < -0.39 is 0 Å². The van der Waals surface area contributed by atoms with Crippen LogP contribution < -0.4 is 15.2 Å². The van der Waals surface area contributed by atoms with Crippen molar-refractivity contribution in [1.82, 2.24) is 0 Å². The Morgan fingerprint density at radius 1 is 1.14 bits per heavy atom. The van der Waals surface area contributed by atoms with Crippen molar-refractivity contribution in [1.29, 1.82) is 0 Å². The summed E-state index contributed by atoms with van der Waals surface area (Å²) in [5.74, 6) is 2.20. The third kappa shape index (κ3) is 3.57. The number of halogens is 1. The van der Waals surface area contributed by atoms with Crippen LogP contribution in [0.1, 0.15) is 12.0 Å². The lowest BCUT2D eigenvalue weighted by molar-refractivity contribution is 0.297. The molecule has 0 aromatic heterocycles. The molecular formula is C16H16ClNO2S. The maximum atomic E-state index is 6.29. The van der Waals surface area contributed by atoms with E-state index in [1.54, 1.807) is 11.8 Å². The third-order valence-corrected chi connectivity index (χ3v) is 4.47. The third-order valence-electron chi connectivity index (χ3n) is 3.13. The minimum atomic E-state index is 0.609. The second-order valence-corrected chi connectivity index (χ2v) is 6.27. The van der Waals surface area contributed by atoms with Crippen molar-refractivity contribution in [3.05, 3.63) is 47.0 Å². The highest BCUT2D eigenvalue weighted by Crippen LogP contribution is 2.39. The number of nitrogens with two attached hydrogens (primary N) is 1. The topological polar surface area (TPSA) is 44.5 Å². The highest BCUT2D eigenvalue weighted by Gasteiger charge is 2.15. The number of hydrogen-bond acceptors (Lipinski definition) is 4. The predicted molar refractivity (Wildman–Crippen MR) is 87.5 cm³/mol. The highest BCUT2D eigenvalue weighted by atomic mass is 35.5. The van der Waals surface area contributed by atoms with E-state index in [1.165, 1.54) is 0 Å². The summed E-state index contributed by atoms with van der Waals surface area (Å²) in [6.45, 7) is 1.30. The van der Waals surface area contributed by atoms with Gasteiger partial charge in [0.15, 0.2) is 11.5 Å². The Morgan fingerprint density at radius 3 is 2.86 bits per heavy atom. The van der Waals surface area contributed by atoms with Gasteiger partial charge in [-0.2, -0.15) is 0 Å². The number of thioether (sulfide) groups is 1. The van der Waals surface area contributed by atoms with Crippen LogP contribution in [0.3, 0.4) is 0 Å². The minimum Gasteiger partial charge on any atom is -0.489 e. The van der Waals surface area contributed by atoms with Gasteiger partial charge >= 0.3 is 0 Å². The van der Waals surface area contributed by atoms with E-state index >= 15 is 0 Å². The van der Waals surface area contributed by atoms with Crippen LogP contribution in [0.5, 0.6) is 11.5 Å². The van der Waals surface area contributed by atoms with Gasteiger partial charge in [-0.05, 0) is 35.9 Å². The van der Waals surface area contributed by atoms with Crippen molar-refractivity contribution < 1.29 is 9.47 Å². The fourth-order valence-electron chi connectivity index (χ4n) is 2.14. The fraction of sp³-hybridized carbons (Fsp3) is 0.250. The van der Waals surface area contributed by atoms with E-state index in [4.69, 9.17) is 26.8 Å². The highest BCUT2D eigenvalue weighted by molar-refractivity contribution is 7.98. The number of nitrogen functional groups attached to an aromatic ring is 1. The predicted octanol–water partition coefficient (Wildman–Crippen LogP) is 4.38. The molecule has 0 unspecified atom stereocenters. The minimum absolute atomic E-state index is 0.609. The van der Waals surface area contributed by atoms with Crippen LogP contribution in [0.25, 0.3) is 0 Å². The first kappa shape index (κ1) is 14.4. The molecule has 1 aliphatic rings. The van der Waals surface area contributed by atoms with Gasteiger partial charge in [0.2, 0.25) is 0 Å². The van der Waals surface area contributed by atoms with Crippen molar-refractivity contribution in [3.63, 3.8) is 0 Å². The van der Waals surface area contributed by atoms with Gasteiger partial charge in [-0.1, -0.05) is 17.7 Å². The van der Waals surface area contributed by atoms with Gasteiger partial charge in [0.1, 0.15) is 0 Å². The van der Waals surface area contributed by atoms with Crippen molar-refractivity contribution in [2.24, 2.45) is 0 Å². The fourth-order valence-corrected chi connectivity index (χ4v) is 3.32. The Labute approximate surface area is 133 Å². The Morgan fingerprint density at radius 2 is 2.00 bits per heavy atom. The molecule has 1 aliphatic heterocycles. The lowest BCUT2D eigenvalue weighted by atomic mass is 10.2. The lowest BCUT2D eigenvalue weighted by Crippen LogP contribution is -1.97. The van der Waals surface area contributed by atoms with E-state index in [9.17, 15) is 0 Å². The SMILES string of the molecule is Nc1cccc(SCc2cc(Cl)c3c(c2)OCCCO3)c1. The summed E-state index contributed by atoms with van der Waals surface area (Å²) >= 11 is 8.01. The second kappa shape index (κ2) is 6.50. The van der Waals surface area contributed by atoms with Crippen LogP contribution in [-0.4, -0.2) is 13.2 Å². The Balaban J connectivity index is 1.77. The van der Waals surface area contributed by atoms with Crippen LogP contribution in [0, 0.1) is 0 Å². The summed E-state index contributed by atoms with van der Waals surface area (Å²) in [6, 6.07) is 11.8. The maximum Gasteiger partial charge on any atom is 0.179 e. The van der Waals surface area contributed by atoms with E-state index in [-0.39, 0.29) is 0 Å². The molecule has 2 N–H and O–H groups in total. The summed E-state index contributed by atoms with van der Waals surface area (Å²) in [6.07, 6.45) is 0.873. The molecule has 110 valence electrons. The number of hydrogen-bond donors (Lipinski definition) is 1. The smallest absolute Gasteiger partial charge is 0.179 e. The number of rotatable bonds is 3. The monoisotopic (exact) mass is 321 g/mol.